The van der Waals surface area contributed by atoms with Gasteiger partial charge in [-0.2, -0.15) is 0 Å². The number of carbonyl (C=O) groups excluding carboxylic acids is 1. The van der Waals surface area contributed by atoms with Crippen molar-refractivity contribution >= 4 is 11.9 Å². The molecule has 0 aliphatic heterocycles. The molecule has 0 aromatic carbocycles. The molecule has 8 heteroatoms. The van der Waals surface area contributed by atoms with E-state index in [1.165, 1.54) is 4.68 Å². The normalized spacial score (nSPS) is 12.5. The molecule has 1 unspecified atom stereocenters. The molecule has 0 aliphatic rings. The monoisotopic (exact) mass is 269 g/mol. The Balaban J connectivity index is 2.90. The van der Waals surface area contributed by atoms with Crippen LogP contribution in [0.1, 0.15) is 43.0 Å². The first kappa shape index (κ1) is 15.1. The second-order valence-corrected chi connectivity index (χ2v) is 4.65. The molecule has 8 nitrogen and oxygen atoms in total. The highest BCUT2D eigenvalue weighted by Gasteiger charge is 2.24. The summed E-state index contributed by atoms with van der Waals surface area (Å²) in [6, 6.07) is -0.655. The highest BCUT2D eigenvalue weighted by molar-refractivity contribution is 5.87. The molecule has 19 heavy (non-hydrogen) atoms. The van der Waals surface area contributed by atoms with Crippen molar-refractivity contribution in [2.24, 2.45) is 11.7 Å². The van der Waals surface area contributed by atoms with Crippen molar-refractivity contribution in [2.45, 2.75) is 33.4 Å². The molecule has 1 aromatic heterocycles. The number of amides is 1. The zero-order valence-corrected chi connectivity index (χ0v) is 11.3. The summed E-state index contributed by atoms with van der Waals surface area (Å²) < 4.78 is 1.25. The van der Waals surface area contributed by atoms with Crippen molar-refractivity contribution in [1.29, 1.82) is 0 Å². The maximum atomic E-state index is 11.9. The van der Waals surface area contributed by atoms with Crippen LogP contribution in [0, 0.1) is 5.92 Å². The lowest BCUT2D eigenvalue weighted by molar-refractivity contribution is -0.124. The van der Waals surface area contributed by atoms with E-state index >= 15 is 0 Å². The molecule has 1 rings (SSSR count). The number of carbonyl (C=O) groups is 2. The lowest BCUT2D eigenvalue weighted by Gasteiger charge is -2.15. The maximum Gasteiger partial charge on any atom is 0.358 e. The van der Waals surface area contributed by atoms with Gasteiger partial charge >= 0.3 is 5.97 Å². The third-order valence-corrected chi connectivity index (χ3v) is 2.62. The minimum Gasteiger partial charge on any atom is -0.476 e. The highest BCUT2D eigenvalue weighted by atomic mass is 16.4. The van der Waals surface area contributed by atoms with Crippen molar-refractivity contribution in [3.05, 3.63) is 11.4 Å². The van der Waals surface area contributed by atoms with E-state index < -0.39 is 12.0 Å². The van der Waals surface area contributed by atoms with Gasteiger partial charge in [-0.15, -0.1) is 5.10 Å². The van der Waals surface area contributed by atoms with Crippen LogP contribution < -0.4 is 11.1 Å². The van der Waals surface area contributed by atoms with E-state index in [9.17, 15) is 9.59 Å². The fraction of sp³-hybridized carbons (Fsp3) is 0.636. The molecule has 0 spiro atoms. The van der Waals surface area contributed by atoms with Gasteiger partial charge in [0.05, 0.1) is 5.69 Å². The molecular weight excluding hydrogens is 250 g/mol. The average Bonchev–Trinajstić information content (AvgIpc) is 2.78. The van der Waals surface area contributed by atoms with Crippen LogP contribution in [0.25, 0.3) is 0 Å². The van der Waals surface area contributed by atoms with Crippen molar-refractivity contribution in [3.8, 4) is 0 Å². The Morgan fingerprint density at radius 1 is 1.42 bits per heavy atom. The Morgan fingerprint density at radius 3 is 2.53 bits per heavy atom. The molecule has 1 amide bonds. The van der Waals surface area contributed by atoms with Gasteiger partial charge in [-0.05, 0) is 12.8 Å². The van der Waals surface area contributed by atoms with Crippen LogP contribution in [0.5, 0.6) is 0 Å². The lowest BCUT2D eigenvalue weighted by Crippen LogP contribution is -2.34. The number of nitrogens with two attached hydrogens (primary N) is 1. The Morgan fingerprint density at radius 2 is 2.05 bits per heavy atom. The molecule has 0 bridgehead atoms. The average molecular weight is 269 g/mol. The number of hydrogen-bond acceptors (Lipinski definition) is 5. The summed E-state index contributed by atoms with van der Waals surface area (Å²) in [6.07, 6.45) is 0. The van der Waals surface area contributed by atoms with Crippen LogP contribution in [-0.2, 0) is 11.3 Å². The Bertz CT molecular complexity index is 469. The number of hydrogen-bond donors (Lipinski definition) is 3. The molecule has 1 aromatic rings. The zero-order chi connectivity index (χ0) is 14.6. The smallest absolute Gasteiger partial charge is 0.358 e. The molecule has 0 saturated carbocycles. The summed E-state index contributed by atoms with van der Waals surface area (Å²) in [6.45, 7) is 6.08. The molecule has 106 valence electrons. The van der Waals surface area contributed by atoms with E-state index in [0.717, 1.165) is 0 Å². The molecule has 1 heterocycles. The summed E-state index contributed by atoms with van der Waals surface area (Å²) in [5, 5.41) is 18.9. The number of rotatable bonds is 6. The van der Waals surface area contributed by atoms with E-state index in [1.807, 2.05) is 13.8 Å². The Labute approximate surface area is 111 Å². The van der Waals surface area contributed by atoms with Crippen LogP contribution >= 0.6 is 0 Å². The van der Waals surface area contributed by atoms with Gasteiger partial charge in [-0.1, -0.05) is 19.1 Å². The zero-order valence-electron chi connectivity index (χ0n) is 11.3. The van der Waals surface area contributed by atoms with Crippen molar-refractivity contribution < 1.29 is 14.7 Å². The molecule has 0 radical (unpaired) electrons. The van der Waals surface area contributed by atoms with Crippen LogP contribution in [0.4, 0.5) is 0 Å². The van der Waals surface area contributed by atoms with Crippen LogP contribution in [-0.4, -0.2) is 38.5 Å². The standard InChI is InChI=1S/C11H19N5O3/c1-6(2)5-13-10(17)7(3)16-8(4-12)9(11(18)19)14-15-16/h6-7H,4-5,12H2,1-3H3,(H,13,17)(H,18,19). The number of aromatic nitrogens is 3. The SMILES string of the molecule is CC(C)CNC(=O)C(C)n1nnc(C(=O)O)c1CN. The number of carboxylic acid groups (broad SMARTS) is 1. The fourth-order valence-corrected chi connectivity index (χ4v) is 1.54. The molecule has 0 fully saturated rings. The van der Waals surface area contributed by atoms with E-state index in [4.69, 9.17) is 10.8 Å². The minimum atomic E-state index is -1.21. The van der Waals surface area contributed by atoms with Gasteiger partial charge in [0.2, 0.25) is 5.91 Å². The van der Waals surface area contributed by atoms with Crippen LogP contribution in [0.15, 0.2) is 0 Å². The van der Waals surface area contributed by atoms with Crippen molar-refractivity contribution in [2.75, 3.05) is 6.54 Å². The first-order valence-corrected chi connectivity index (χ1v) is 6.03. The quantitative estimate of drug-likeness (QED) is 0.655. The fourth-order valence-electron chi connectivity index (χ4n) is 1.54. The van der Waals surface area contributed by atoms with Gasteiger partial charge < -0.3 is 16.2 Å². The molecule has 0 aliphatic carbocycles. The number of nitrogens with one attached hydrogen (secondary N) is 1. The summed E-state index contributed by atoms with van der Waals surface area (Å²) >= 11 is 0. The highest BCUT2D eigenvalue weighted by Crippen LogP contribution is 2.12. The summed E-state index contributed by atoms with van der Waals surface area (Å²) in [4.78, 5) is 22.8. The summed E-state index contributed by atoms with van der Waals surface area (Å²) in [5.41, 5.74) is 5.52. The van der Waals surface area contributed by atoms with Gasteiger partial charge in [-0.25, -0.2) is 9.48 Å². The topological polar surface area (TPSA) is 123 Å². The lowest BCUT2D eigenvalue weighted by atomic mass is 10.2. The third kappa shape index (κ3) is 3.50. The molecule has 4 N–H and O–H groups in total. The summed E-state index contributed by atoms with van der Waals surface area (Å²) in [7, 11) is 0. The van der Waals surface area contributed by atoms with Crippen LogP contribution in [0.3, 0.4) is 0 Å². The predicted molar refractivity (Wildman–Crippen MR) is 67.4 cm³/mol. The van der Waals surface area contributed by atoms with E-state index in [-0.39, 0.29) is 23.8 Å². The van der Waals surface area contributed by atoms with Gasteiger partial charge in [0.15, 0.2) is 5.69 Å². The predicted octanol–water partition coefficient (Wildman–Crippen LogP) is -0.232. The van der Waals surface area contributed by atoms with Gasteiger partial charge in [-0.3, -0.25) is 4.79 Å². The Hall–Kier alpha value is -1.96. The third-order valence-electron chi connectivity index (χ3n) is 2.62. The van der Waals surface area contributed by atoms with Crippen molar-refractivity contribution in [3.63, 3.8) is 0 Å². The Kier molecular flexibility index (Phi) is 4.99. The first-order valence-electron chi connectivity index (χ1n) is 6.03. The number of carboxylic acids is 1. The maximum absolute atomic E-state index is 11.9. The summed E-state index contributed by atoms with van der Waals surface area (Å²) in [5.74, 6) is -1.12. The second-order valence-electron chi connectivity index (χ2n) is 4.65. The molecule has 0 saturated heterocycles. The van der Waals surface area contributed by atoms with E-state index in [2.05, 4.69) is 15.6 Å². The van der Waals surface area contributed by atoms with E-state index in [0.29, 0.717) is 12.5 Å². The van der Waals surface area contributed by atoms with Gasteiger partial charge in [0.25, 0.3) is 0 Å². The van der Waals surface area contributed by atoms with Crippen molar-refractivity contribution in [1.82, 2.24) is 20.3 Å². The van der Waals surface area contributed by atoms with E-state index in [1.54, 1.807) is 6.92 Å². The second kappa shape index (κ2) is 6.28. The minimum absolute atomic E-state index is 0.0452. The largest absolute Gasteiger partial charge is 0.476 e. The van der Waals surface area contributed by atoms with Crippen LogP contribution in [0.2, 0.25) is 0 Å². The molecular formula is C11H19N5O3. The number of aromatic carboxylic acids is 1. The first-order chi connectivity index (χ1) is 8.88. The van der Waals surface area contributed by atoms with Gasteiger partial charge in [0, 0.05) is 13.1 Å². The number of nitrogens with zero attached hydrogens (tertiary/aromatic N) is 3. The van der Waals surface area contributed by atoms with Gasteiger partial charge in [0.1, 0.15) is 6.04 Å². The molecule has 1 atom stereocenters.